The van der Waals surface area contributed by atoms with Crippen molar-refractivity contribution in [1.82, 2.24) is 4.90 Å². The van der Waals surface area contributed by atoms with Crippen LogP contribution in [0, 0.1) is 5.92 Å². The summed E-state index contributed by atoms with van der Waals surface area (Å²) in [5, 5.41) is 0. The Labute approximate surface area is 115 Å². The summed E-state index contributed by atoms with van der Waals surface area (Å²) in [5.74, 6) is 0.872. The van der Waals surface area contributed by atoms with Crippen LogP contribution in [0.15, 0.2) is 30.3 Å². The van der Waals surface area contributed by atoms with E-state index >= 15 is 0 Å². The number of likely N-dealkylation sites (tertiary alicyclic amines) is 1. The predicted octanol–water partition coefficient (Wildman–Crippen LogP) is 2.31. The fraction of sp³-hybridized carbons (Fsp3) is 0.500. The molecular formula is C14H21ClN2O. The van der Waals surface area contributed by atoms with Crippen LogP contribution in [0.25, 0.3) is 0 Å². The Morgan fingerprint density at radius 2 is 1.83 bits per heavy atom. The van der Waals surface area contributed by atoms with Gasteiger partial charge in [0, 0.05) is 18.7 Å². The molecule has 1 aliphatic heterocycles. The fourth-order valence-electron chi connectivity index (χ4n) is 2.42. The molecule has 0 saturated carbocycles. The number of carbonyl (C=O) groups is 1. The number of amides is 1. The minimum absolute atomic E-state index is 0. The van der Waals surface area contributed by atoms with Gasteiger partial charge in [0.1, 0.15) is 0 Å². The van der Waals surface area contributed by atoms with Gasteiger partial charge in [-0.15, -0.1) is 12.4 Å². The minimum Gasteiger partial charge on any atom is -0.339 e. The molecule has 1 aromatic rings. The Balaban J connectivity index is 0.00000162. The highest BCUT2D eigenvalue weighted by molar-refractivity contribution is 5.94. The first-order valence-corrected chi connectivity index (χ1v) is 6.35. The lowest BCUT2D eigenvalue weighted by Crippen LogP contribution is -2.38. The highest BCUT2D eigenvalue weighted by Crippen LogP contribution is 2.21. The van der Waals surface area contributed by atoms with Crippen LogP contribution in [-0.2, 0) is 0 Å². The average Bonchev–Trinajstić information content (AvgIpc) is 2.40. The van der Waals surface area contributed by atoms with Gasteiger partial charge in [-0.25, -0.2) is 0 Å². The number of rotatable bonds is 3. The molecule has 0 aromatic heterocycles. The smallest absolute Gasteiger partial charge is 0.253 e. The van der Waals surface area contributed by atoms with Crippen molar-refractivity contribution in [3.05, 3.63) is 35.9 Å². The van der Waals surface area contributed by atoms with E-state index in [0.717, 1.165) is 44.5 Å². The van der Waals surface area contributed by atoms with Crippen molar-refractivity contribution in [3.8, 4) is 0 Å². The molecule has 18 heavy (non-hydrogen) atoms. The van der Waals surface area contributed by atoms with E-state index in [9.17, 15) is 4.79 Å². The van der Waals surface area contributed by atoms with Crippen LogP contribution in [0.2, 0.25) is 0 Å². The molecule has 1 heterocycles. The molecule has 2 rings (SSSR count). The Morgan fingerprint density at radius 3 is 2.39 bits per heavy atom. The molecule has 1 amide bonds. The quantitative estimate of drug-likeness (QED) is 0.914. The second-order valence-electron chi connectivity index (χ2n) is 4.68. The first-order valence-electron chi connectivity index (χ1n) is 6.35. The summed E-state index contributed by atoms with van der Waals surface area (Å²) >= 11 is 0. The van der Waals surface area contributed by atoms with Gasteiger partial charge < -0.3 is 10.6 Å². The second-order valence-corrected chi connectivity index (χ2v) is 4.68. The molecule has 3 nitrogen and oxygen atoms in total. The van der Waals surface area contributed by atoms with Crippen LogP contribution in [-0.4, -0.2) is 30.4 Å². The fourth-order valence-corrected chi connectivity index (χ4v) is 2.42. The van der Waals surface area contributed by atoms with E-state index in [1.807, 2.05) is 35.2 Å². The molecule has 1 aliphatic rings. The topological polar surface area (TPSA) is 46.3 Å². The normalized spacial score (nSPS) is 16.2. The van der Waals surface area contributed by atoms with Gasteiger partial charge in [0.15, 0.2) is 0 Å². The van der Waals surface area contributed by atoms with Crippen LogP contribution in [0.3, 0.4) is 0 Å². The van der Waals surface area contributed by atoms with E-state index in [1.165, 1.54) is 0 Å². The van der Waals surface area contributed by atoms with Gasteiger partial charge in [0.05, 0.1) is 0 Å². The molecule has 0 atom stereocenters. The summed E-state index contributed by atoms with van der Waals surface area (Å²) in [6.07, 6.45) is 3.28. The maximum Gasteiger partial charge on any atom is 0.253 e. The summed E-state index contributed by atoms with van der Waals surface area (Å²) in [5.41, 5.74) is 6.36. The summed E-state index contributed by atoms with van der Waals surface area (Å²) in [6, 6.07) is 9.52. The number of hydrogen-bond acceptors (Lipinski definition) is 2. The number of hydrogen-bond donors (Lipinski definition) is 1. The third kappa shape index (κ3) is 3.72. The lowest BCUT2D eigenvalue weighted by atomic mass is 9.93. The zero-order chi connectivity index (χ0) is 12.1. The lowest BCUT2D eigenvalue weighted by Gasteiger charge is -2.31. The first kappa shape index (κ1) is 15.0. The van der Waals surface area contributed by atoms with Gasteiger partial charge in [-0.3, -0.25) is 4.79 Å². The molecule has 0 spiro atoms. The van der Waals surface area contributed by atoms with E-state index in [4.69, 9.17) is 5.73 Å². The zero-order valence-corrected chi connectivity index (χ0v) is 11.4. The predicted molar refractivity (Wildman–Crippen MR) is 76.0 cm³/mol. The maximum absolute atomic E-state index is 12.2. The van der Waals surface area contributed by atoms with Gasteiger partial charge in [0.25, 0.3) is 5.91 Å². The Kier molecular flexibility index (Phi) is 6.16. The third-order valence-corrected chi connectivity index (χ3v) is 3.50. The maximum atomic E-state index is 12.2. The first-order chi connectivity index (χ1) is 8.31. The summed E-state index contributed by atoms with van der Waals surface area (Å²) in [6.45, 7) is 2.51. The Morgan fingerprint density at radius 1 is 1.22 bits per heavy atom. The minimum atomic E-state index is 0. The van der Waals surface area contributed by atoms with Crippen molar-refractivity contribution in [3.63, 3.8) is 0 Å². The Hall–Kier alpha value is -1.06. The van der Waals surface area contributed by atoms with Gasteiger partial charge >= 0.3 is 0 Å². The molecule has 1 fully saturated rings. The van der Waals surface area contributed by atoms with Crippen molar-refractivity contribution in [2.75, 3.05) is 19.6 Å². The molecule has 100 valence electrons. The van der Waals surface area contributed by atoms with Crippen molar-refractivity contribution in [2.24, 2.45) is 11.7 Å². The zero-order valence-electron chi connectivity index (χ0n) is 10.5. The highest BCUT2D eigenvalue weighted by Gasteiger charge is 2.22. The summed E-state index contributed by atoms with van der Waals surface area (Å²) < 4.78 is 0. The SMILES string of the molecule is Cl.NCCC1CCN(C(=O)c2ccccc2)CC1. The van der Waals surface area contributed by atoms with E-state index < -0.39 is 0 Å². The van der Waals surface area contributed by atoms with Gasteiger partial charge in [0.2, 0.25) is 0 Å². The Bertz CT molecular complexity index is 361. The molecular weight excluding hydrogens is 248 g/mol. The van der Waals surface area contributed by atoms with E-state index in [1.54, 1.807) is 0 Å². The van der Waals surface area contributed by atoms with E-state index in [-0.39, 0.29) is 18.3 Å². The van der Waals surface area contributed by atoms with Crippen LogP contribution in [0.5, 0.6) is 0 Å². The van der Waals surface area contributed by atoms with Crippen LogP contribution < -0.4 is 5.73 Å². The van der Waals surface area contributed by atoms with Crippen molar-refractivity contribution in [2.45, 2.75) is 19.3 Å². The van der Waals surface area contributed by atoms with Gasteiger partial charge in [-0.05, 0) is 43.9 Å². The summed E-state index contributed by atoms with van der Waals surface area (Å²) in [4.78, 5) is 14.1. The number of carbonyl (C=O) groups excluding carboxylic acids is 1. The monoisotopic (exact) mass is 268 g/mol. The third-order valence-electron chi connectivity index (χ3n) is 3.50. The van der Waals surface area contributed by atoms with E-state index in [0.29, 0.717) is 5.92 Å². The molecule has 0 bridgehead atoms. The van der Waals surface area contributed by atoms with Gasteiger partial charge in [-0.2, -0.15) is 0 Å². The molecule has 4 heteroatoms. The molecule has 2 N–H and O–H groups in total. The molecule has 0 radical (unpaired) electrons. The second kappa shape index (κ2) is 7.39. The van der Waals surface area contributed by atoms with E-state index in [2.05, 4.69) is 0 Å². The number of nitrogens with zero attached hydrogens (tertiary/aromatic N) is 1. The van der Waals surface area contributed by atoms with Crippen LogP contribution in [0.1, 0.15) is 29.6 Å². The standard InChI is InChI=1S/C14H20N2O.ClH/c15-9-6-12-7-10-16(11-8-12)14(17)13-4-2-1-3-5-13;/h1-5,12H,6-11,15H2;1H. The van der Waals surface area contributed by atoms with Crippen molar-refractivity contribution >= 4 is 18.3 Å². The summed E-state index contributed by atoms with van der Waals surface area (Å²) in [7, 11) is 0. The number of halogens is 1. The van der Waals surface area contributed by atoms with Crippen molar-refractivity contribution < 1.29 is 4.79 Å². The van der Waals surface area contributed by atoms with Gasteiger partial charge in [-0.1, -0.05) is 18.2 Å². The lowest BCUT2D eigenvalue weighted by molar-refractivity contribution is 0.0688. The number of nitrogens with two attached hydrogens (primary N) is 1. The molecule has 1 saturated heterocycles. The highest BCUT2D eigenvalue weighted by atomic mass is 35.5. The van der Waals surface area contributed by atoms with Crippen LogP contribution >= 0.6 is 12.4 Å². The molecule has 1 aromatic carbocycles. The largest absolute Gasteiger partial charge is 0.339 e. The van der Waals surface area contributed by atoms with Crippen LogP contribution in [0.4, 0.5) is 0 Å². The molecule has 0 aliphatic carbocycles. The average molecular weight is 269 g/mol. The molecule has 0 unspecified atom stereocenters. The van der Waals surface area contributed by atoms with Crippen molar-refractivity contribution in [1.29, 1.82) is 0 Å². The number of benzene rings is 1. The number of piperidine rings is 1.